The summed E-state index contributed by atoms with van der Waals surface area (Å²) in [5.41, 5.74) is 4.88. The first-order valence-electron chi connectivity index (χ1n) is 12.3. The molecular weight excluding hydrogens is 563 g/mol. The fourth-order valence-electron chi connectivity index (χ4n) is 5.04. The Hall–Kier alpha value is -5.55. The van der Waals surface area contributed by atoms with Gasteiger partial charge < -0.3 is 29.9 Å². The number of hydrogen-bond acceptors (Lipinski definition) is 10. The van der Waals surface area contributed by atoms with E-state index in [1.165, 1.54) is 0 Å². The van der Waals surface area contributed by atoms with E-state index < -0.39 is 0 Å². The van der Waals surface area contributed by atoms with E-state index in [0.717, 1.165) is 43.8 Å². The minimum atomic E-state index is 0. The van der Waals surface area contributed by atoms with Crippen molar-refractivity contribution in [3.63, 3.8) is 0 Å². The van der Waals surface area contributed by atoms with E-state index in [4.69, 9.17) is 39.9 Å². The van der Waals surface area contributed by atoms with Crippen LogP contribution in [0.15, 0.2) is 73.8 Å². The smallest absolute Gasteiger partial charge is 0.357 e. The fourth-order valence-corrected chi connectivity index (χ4v) is 5.04. The van der Waals surface area contributed by atoms with Crippen LogP contribution in [-0.4, -0.2) is 49.8 Å². The zero-order chi connectivity index (χ0) is 26.2. The van der Waals surface area contributed by atoms with Crippen LogP contribution < -0.4 is 9.97 Å². The SMILES string of the molecule is [Ni+2].c1cc2c(cn1)-c1nc-2nc2[n-]c(nc3nc(nc4[n-]c(n1)c1ccncc41)-c1ccncc1-3)c1ccncc21. The monoisotopic (exact) mass is 574 g/mol. The summed E-state index contributed by atoms with van der Waals surface area (Å²) in [7, 11) is 0. The summed E-state index contributed by atoms with van der Waals surface area (Å²) in [4.78, 5) is 55.8. The van der Waals surface area contributed by atoms with Crippen molar-refractivity contribution in [2.45, 2.75) is 0 Å². The van der Waals surface area contributed by atoms with Gasteiger partial charge >= 0.3 is 16.5 Å². The van der Waals surface area contributed by atoms with Gasteiger partial charge in [-0.05, 0) is 35.0 Å². The summed E-state index contributed by atoms with van der Waals surface area (Å²) in [5, 5.41) is 3.07. The van der Waals surface area contributed by atoms with Gasteiger partial charge in [-0.1, -0.05) is 0 Å². The number of fused-ring (bicyclic) bond motifs is 20. The average Bonchev–Trinajstić information content (AvgIpc) is 3.73. The molecule has 2 aliphatic rings. The molecule has 0 aromatic carbocycles. The van der Waals surface area contributed by atoms with Crippen LogP contribution in [0.25, 0.3) is 89.7 Å². The second-order valence-corrected chi connectivity index (χ2v) is 9.17. The van der Waals surface area contributed by atoms with Gasteiger partial charge in [-0.3, -0.25) is 19.9 Å². The Morgan fingerprint density at radius 2 is 0.732 bits per heavy atom. The Morgan fingerprint density at radius 1 is 0.366 bits per heavy atom. The molecule has 41 heavy (non-hydrogen) atoms. The third-order valence-corrected chi connectivity index (χ3v) is 6.91. The van der Waals surface area contributed by atoms with Crippen molar-refractivity contribution >= 4 is 44.1 Å². The summed E-state index contributed by atoms with van der Waals surface area (Å²) < 4.78 is 0. The van der Waals surface area contributed by atoms with Crippen molar-refractivity contribution < 1.29 is 16.5 Å². The number of pyridine rings is 4. The Kier molecular flexibility index (Phi) is 4.97. The number of nitrogens with zero attached hydrogens (tertiary/aromatic N) is 12. The number of rotatable bonds is 0. The molecule has 194 valence electrons. The molecule has 0 N–H and O–H groups in total. The maximum absolute atomic E-state index is 4.86. The van der Waals surface area contributed by atoms with E-state index in [9.17, 15) is 0 Å². The molecule has 9 rings (SSSR count). The van der Waals surface area contributed by atoms with Gasteiger partial charge in [0, 0.05) is 105 Å². The van der Waals surface area contributed by atoms with Crippen LogP contribution in [0.5, 0.6) is 0 Å². The van der Waals surface area contributed by atoms with Crippen LogP contribution in [0.4, 0.5) is 0 Å². The molecule has 7 aromatic rings. The third-order valence-electron chi connectivity index (χ3n) is 6.91. The molecule has 0 atom stereocenters. The predicted octanol–water partition coefficient (Wildman–Crippen LogP) is 3.70. The summed E-state index contributed by atoms with van der Waals surface area (Å²) in [6.45, 7) is 0. The minimum absolute atomic E-state index is 0. The first-order valence-corrected chi connectivity index (χ1v) is 12.3. The largest absolute Gasteiger partial charge is 2.00 e. The normalized spacial score (nSPS) is 11.7. The molecule has 0 unspecified atom stereocenters. The van der Waals surface area contributed by atoms with Gasteiger partial charge in [0.05, 0.1) is 23.3 Å². The summed E-state index contributed by atoms with van der Waals surface area (Å²) in [6.07, 6.45) is 13.7. The molecule has 0 saturated heterocycles. The van der Waals surface area contributed by atoms with Gasteiger partial charge in [-0.25, -0.2) is 9.97 Å². The van der Waals surface area contributed by atoms with Crippen molar-refractivity contribution in [3.8, 4) is 45.6 Å². The molecular formula is C28H12N12Ni. The molecule has 8 bridgehead atoms. The molecule has 0 spiro atoms. The number of aromatic nitrogens is 12. The second kappa shape index (κ2) is 8.73. The Bertz CT molecular complexity index is 2040. The maximum atomic E-state index is 4.86. The van der Waals surface area contributed by atoms with Crippen molar-refractivity contribution in [2.75, 3.05) is 0 Å². The van der Waals surface area contributed by atoms with Crippen LogP contribution >= 0.6 is 0 Å². The van der Waals surface area contributed by atoms with Gasteiger partial charge in [0.25, 0.3) is 0 Å². The average molecular weight is 575 g/mol. The van der Waals surface area contributed by atoms with E-state index in [1.807, 2.05) is 24.3 Å². The van der Waals surface area contributed by atoms with Gasteiger partial charge in [0.2, 0.25) is 0 Å². The zero-order valence-corrected chi connectivity index (χ0v) is 21.6. The number of hydrogen-bond donors (Lipinski definition) is 0. The standard InChI is InChI=1S/C28H12N12.Ni/c1-5-29-9-17-13(1)21-33-25(17)38-22-15-3-7-31-11-19(15)27(35-22)40-24-16-4-8-32-12-20(16)28(36-24)39-23-14-2-6-30-10-18(14)26(34-23)37-21;/h1-12H;/q-2;+2. The van der Waals surface area contributed by atoms with Crippen molar-refractivity contribution in [1.82, 2.24) is 59.8 Å². The molecule has 12 nitrogen and oxygen atoms in total. The van der Waals surface area contributed by atoms with Crippen molar-refractivity contribution in [2.24, 2.45) is 0 Å². The first-order chi connectivity index (χ1) is 19.8. The van der Waals surface area contributed by atoms with Crippen molar-refractivity contribution in [3.05, 3.63) is 73.8 Å². The molecule has 0 saturated carbocycles. The zero-order valence-electron chi connectivity index (χ0n) is 20.6. The van der Waals surface area contributed by atoms with E-state index in [2.05, 4.69) is 19.9 Å². The second-order valence-electron chi connectivity index (χ2n) is 9.17. The first kappa shape index (κ1) is 23.4. The topological polar surface area (TPSA) is 157 Å². The van der Waals surface area contributed by atoms with E-state index in [-0.39, 0.29) is 16.5 Å². The molecule has 9 heterocycles. The van der Waals surface area contributed by atoms with Gasteiger partial charge in [-0.15, -0.1) is 0 Å². The molecule has 0 amide bonds. The Labute approximate surface area is 239 Å². The summed E-state index contributed by atoms with van der Waals surface area (Å²) in [5.74, 6) is 1.81. The Balaban J connectivity index is 0.00000256. The van der Waals surface area contributed by atoms with Gasteiger partial charge in [-0.2, -0.15) is 0 Å². The molecule has 0 radical (unpaired) electrons. The molecule has 2 aliphatic heterocycles. The van der Waals surface area contributed by atoms with E-state index in [1.54, 1.807) is 49.6 Å². The quantitative estimate of drug-likeness (QED) is 0.242. The predicted molar refractivity (Wildman–Crippen MR) is 145 cm³/mol. The van der Waals surface area contributed by atoms with E-state index >= 15 is 0 Å². The van der Waals surface area contributed by atoms with Gasteiger partial charge in [0.15, 0.2) is 0 Å². The maximum Gasteiger partial charge on any atom is 2.00 e. The molecule has 0 aliphatic carbocycles. The van der Waals surface area contributed by atoms with Crippen LogP contribution in [0.2, 0.25) is 0 Å². The molecule has 7 aromatic heterocycles. The summed E-state index contributed by atoms with van der Waals surface area (Å²) >= 11 is 0. The fraction of sp³-hybridized carbons (Fsp3) is 0. The Morgan fingerprint density at radius 3 is 1.20 bits per heavy atom. The van der Waals surface area contributed by atoms with Crippen LogP contribution in [0.1, 0.15) is 0 Å². The van der Waals surface area contributed by atoms with E-state index in [0.29, 0.717) is 45.9 Å². The minimum Gasteiger partial charge on any atom is -0.357 e. The van der Waals surface area contributed by atoms with Crippen LogP contribution in [0, 0.1) is 0 Å². The van der Waals surface area contributed by atoms with Gasteiger partial charge in [0.1, 0.15) is 0 Å². The molecule has 0 fully saturated rings. The van der Waals surface area contributed by atoms with Crippen LogP contribution in [0.3, 0.4) is 0 Å². The van der Waals surface area contributed by atoms with Crippen molar-refractivity contribution in [1.29, 1.82) is 0 Å². The summed E-state index contributed by atoms with van der Waals surface area (Å²) in [6, 6.07) is 7.44. The third kappa shape index (κ3) is 3.46. The van der Waals surface area contributed by atoms with Crippen LogP contribution in [-0.2, 0) is 16.5 Å². The molecule has 13 heteroatoms.